The number of para-hydroxylation sites is 1. The lowest BCUT2D eigenvalue weighted by molar-refractivity contribution is -0.112. The van der Waals surface area contributed by atoms with Gasteiger partial charge in [0.05, 0.1) is 0 Å². The highest BCUT2D eigenvalue weighted by molar-refractivity contribution is 7.15. The fourth-order valence-electron chi connectivity index (χ4n) is 3.13. The number of nitrogens with zero attached hydrogens (tertiary/aromatic N) is 4. The first-order valence-corrected chi connectivity index (χ1v) is 11.0. The Bertz CT molecular complexity index is 1350. The lowest BCUT2D eigenvalue weighted by Gasteiger charge is -2.07. The normalized spacial score (nSPS) is 11.1. The molecule has 7 nitrogen and oxygen atoms in total. The SMILES string of the molecule is Cc1ccc(-n2cccc2/C=C(/C#N)C(=O)Nc2nnc(COc3ccccc3C)s2)cc1. The summed E-state index contributed by atoms with van der Waals surface area (Å²) in [6.07, 6.45) is 3.44. The Labute approximate surface area is 195 Å². The van der Waals surface area contributed by atoms with Gasteiger partial charge < -0.3 is 9.30 Å². The monoisotopic (exact) mass is 455 g/mol. The summed E-state index contributed by atoms with van der Waals surface area (Å²) in [5, 5.41) is 21.2. The summed E-state index contributed by atoms with van der Waals surface area (Å²) in [4.78, 5) is 12.7. The van der Waals surface area contributed by atoms with E-state index in [1.807, 2.05) is 91.3 Å². The smallest absolute Gasteiger partial charge is 0.268 e. The van der Waals surface area contributed by atoms with Gasteiger partial charge in [-0.25, -0.2) is 0 Å². The van der Waals surface area contributed by atoms with E-state index in [-0.39, 0.29) is 12.2 Å². The van der Waals surface area contributed by atoms with Crippen LogP contribution in [0.5, 0.6) is 5.75 Å². The number of hydrogen-bond acceptors (Lipinski definition) is 6. The van der Waals surface area contributed by atoms with Gasteiger partial charge in [0, 0.05) is 17.6 Å². The average Bonchev–Trinajstić information content (AvgIpc) is 3.46. The average molecular weight is 456 g/mol. The Morgan fingerprint density at radius 1 is 1.12 bits per heavy atom. The van der Waals surface area contributed by atoms with Crippen molar-refractivity contribution in [1.82, 2.24) is 14.8 Å². The van der Waals surface area contributed by atoms with E-state index < -0.39 is 5.91 Å². The van der Waals surface area contributed by atoms with Crippen LogP contribution in [0.4, 0.5) is 5.13 Å². The number of aryl methyl sites for hydroxylation is 2. The number of anilines is 1. The number of benzene rings is 2. The minimum Gasteiger partial charge on any atom is -0.486 e. The van der Waals surface area contributed by atoms with Crippen molar-refractivity contribution in [2.45, 2.75) is 20.5 Å². The molecule has 0 atom stereocenters. The molecule has 4 aromatic rings. The van der Waals surface area contributed by atoms with E-state index in [1.54, 1.807) is 6.08 Å². The molecule has 0 aliphatic rings. The number of rotatable bonds is 7. The number of carbonyl (C=O) groups is 1. The number of ether oxygens (including phenoxy) is 1. The number of hydrogen-bond donors (Lipinski definition) is 1. The molecule has 0 aliphatic heterocycles. The maximum absolute atomic E-state index is 12.7. The van der Waals surface area contributed by atoms with Gasteiger partial charge in [-0.1, -0.05) is 47.2 Å². The van der Waals surface area contributed by atoms with Gasteiger partial charge in [-0.2, -0.15) is 5.26 Å². The highest BCUT2D eigenvalue weighted by Gasteiger charge is 2.14. The molecule has 1 N–H and O–H groups in total. The van der Waals surface area contributed by atoms with Gasteiger partial charge in [-0.15, -0.1) is 10.2 Å². The first-order chi connectivity index (χ1) is 16.0. The summed E-state index contributed by atoms with van der Waals surface area (Å²) < 4.78 is 7.68. The van der Waals surface area contributed by atoms with Gasteiger partial charge in [0.15, 0.2) is 5.01 Å². The van der Waals surface area contributed by atoms with E-state index in [4.69, 9.17) is 4.74 Å². The molecular weight excluding hydrogens is 434 g/mol. The Kier molecular flexibility index (Phi) is 6.62. The van der Waals surface area contributed by atoms with Crippen LogP contribution in [-0.4, -0.2) is 20.7 Å². The van der Waals surface area contributed by atoms with E-state index in [9.17, 15) is 10.1 Å². The van der Waals surface area contributed by atoms with Crippen LogP contribution in [0, 0.1) is 25.2 Å². The number of carbonyl (C=O) groups excluding carboxylic acids is 1. The van der Waals surface area contributed by atoms with Crippen LogP contribution in [0.25, 0.3) is 11.8 Å². The van der Waals surface area contributed by atoms with Crippen LogP contribution >= 0.6 is 11.3 Å². The van der Waals surface area contributed by atoms with Gasteiger partial charge in [-0.05, 0) is 55.8 Å². The zero-order valence-corrected chi connectivity index (χ0v) is 19.0. The third kappa shape index (κ3) is 5.34. The number of aromatic nitrogens is 3. The van der Waals surface area contributed by atoms with E-state index in [1.165, 1.54) is 11.3 Å². The minimum absolute atomic E-state index is 0.0324. The first-order valence-electron chi connectivity index (χ1n) is 10.2. The van der Waals surface area contributed by atoms with Crippen LogP contribution in [0.2, 0.25) is 0 Å². The van der Waals surface area contributed by atoms with Crippen molar-refractivity contribution in [1.29, 1.82) is 5.26 Å². The van der Waals surface area contributed by atoms with Gasteiger partial charge in [0.1, 0.15) is 24.0 Å². The molecule has 164 valence electrons. The third-order valence-corrected chi connectivity index (χ3v) is 5.69. The molecule has 0 saturated carbocycles. The van der Waals surface area contributed by atoms with Crippen LogP contribution < -0.4 is 10.1 Å². The molecular formula is C25H21N5O2S. The predicted octanol–water partition coefficient (Wildman–Crippen LogP) is 5.07. The molecule has 0 unspecified atom stereocenters. The lowest BCUT2D eigenvalue weighted by atomic mass is 10.2. The molecule has 0 saturated heterocycles. The number of amides is 1. The first kappa shape index (κ1) is 22.0. The van der Waals surface area contributed by atoms with Crippen molar-refractivity contribution >= 4 is 28.5 Å². The molecule has 1 amide bonds. The summed E-state index contributed by atoms with van der Waals surface area (Å²) in [6.45, 7) is 4.22. The van der Waals surface area contributed by atoms with E-state index in [2.05, 4.69) is 15.5 Å². The molecule has 33 heavy (non-hydrogen) atoms. The van der Waals surface area contributed by atoms with Crippen LogP contribution in [-0.2, 0) is 11.4 Å². The quantitative estimate of drug-likeness (QED) is 0.310. The fraction of sp³-hybridized carbons (Fsp3) is 0.120. The zero-order chi connectivity index (χ0) is 23.2. The molecule has 0 aliphatic carbocycles. The summed E-state index contributed by atoms with van der Waals surface area (Å²) in [5.41, 5.74) is 3.80. The Balaban J connectivity index is 1.45. The van der Waals surface area contributed by atoms with Crippen molar-refractivity contribution < 1.29 is 9.53 Å². The Morgan fingerprint density at radius 3 is 2.67 bits per heavy atom. The second kappa shape index (κ2) is 9.94. The number of nitrogens with one attached hydrogen (secondary N) is 1. The molecule has 4 rings (SSSR count). The second-order valence-corrected chi connectivity index (χ2v) is 8.38. The Hall–Kier alpha value is -4.22. The van der Waals surface area contributed by atoms with Crippen molar-refractivity contribution in [3.05, 3.63) is 94.3 Å². The predicted molar refractivity (Wildman–Crippen MR) is 128 cm³/mol. The molecule has 2 aromatic carbocycles. The molecule has 0 radical (unpaired) electrons. The van der Waals surface area contributed by atoms with Gasteiger partial charge in [0.2, 0.25) is 5.13 Å². The highest BCUT2D eigenvalue weighted by Crippen LogP contribution is 2.22. The molecule has 2 heterocycles. The van der Waals surface area contributed by atoms with Gasteiger partial charge >= 0.3 is 0 Å². The summed E-state index contributed by atoms with van der Waals surface area (Å²) in [7, 11) is 0. The second-order valence-electron chi connectivity index (χ2n) is 7.32. The van der Waals surface area contributed by atoms with Gasteiger partial charge in [0.25, 0.3) is 5.91 Å². The fourth-order valence-corrected chi connectivity index (χ4v) is 3.78. The summed E-state index contributed by atoms with van der Waals surface area (Å²) >= 11 is 1.20. The zero-order valence-electron chi connectivity index (χ0n) is 18.1. The Morgan fingerprint density at radius 2 is 1.91 bits per heavy atom. The van der Waals surface area contributed by atoms with Crippen molar-refractivity contribution in [3.8, 4) is 17.5 Å². The number of nitriles is 1. The minimum atomic E-state index is -0.545. The highest BCUT2D eigenvalue weighted by atomic mass is 32.1. The van der Waals surface area contributed by atoms with E-state index >= 15 is 0 Å². The third-order valence-electron chi connectivity index (χ3n) is 4.88. The molecule has 2 aromatic heterocycles. The summed E-state index contributed by atoms with van der Waals surface area (Å²) in [6, 6.07) is 21.4. The van der Waals surface area contributed by atoms with Crippen molar-refractivity contribution in [3.63, 3.8) is 0 Å². The van der Waals surface area contributed by atoms with E-state index in [0.29, 0.717) is 10.1 Å². The maximum atomic E-state index is 12.7. The lowest BCUT2D eigenvalue weighted by Crippen LogP contribution is -2.13. The molecule has 0 fully saturated rings. The van der Waals surface area contributed by atoms with Crippen molar-refractivity contribution in [2.24, 2.45) is 0 Å². The summed E-state index contributed by atoms with van der Waals surface area (Å²) in [5.74, 6) is 0.223. The molecule has 0 bridgehead atoms. The van der Waals surface area contributed by atoms with E-state index in [0.717, 1.165) is 28.3 Å². The van der Waals surface area contributed by atoms with Crippen LogP contribution in [0.15, 0.2) is 72.4 Å². The molecule has 0 spiro atoms. The largest absolute Gasteiger partial charge is 0.486 e. The topological polar surface area (TPSA) is 92.8 Å². The van der Waals surface area contributed by atoms with Crippen LogP contribution in [0.3, 0.4) is 0 Å². The maximum Gasteiger partial charge on any atom is 0.268 e. The standard InChI is InChI=1S/C25H21N5O2S/c1-17-9-11-20(12-10-17)30-13-5-7-21(30)14-19(15-26)24(31)27-25-29-28-23(33-25)16-32-22-8-4-3-6-18(22)2/h3-14H,16H2,1-2H3,(H,27,29,31)/b19-14-. The van der Waals surface area contributed by atoms with Crippen molar-refractivity contribution in [2.75, 3.05) is 5.32 Å². The van der Waals surface area contributed by atoms with Gasteiger partial charge in [-0.3, -0.25) is 10.1 Å². The van der Waals surface area contributed by atoms with Crippen LogP contribution in [0.1, 0.15) is 21.8 Å². The molecule has 8 heteroatoms.